The second-order valence-electron chi connectivity index (χ2n) is 5.17. The molecule has 100 valence electrons. The zero-order valence-corrected chi connectivity index (χ0v) is 11.0. The summed E-state index contributed by atoms with van der Waals surface area (Å²) in [4.78, 5) is 14.3. The van der Waals surface area contributed by atoms with Crippen molar-refractivity contribution in [3.8, 4) is 0 Å². The van der Waals surface area contributed by atoms with E-state index in [9.17, 15) is 13.6 Å². The van der Waals surface area contributed by atoms with Crippen molar-refractivity contribution in [1.82, 2.24) is 4.98 Å². The molecule has 0 unspecified atom stereocenters. The van der Waals surface area contributed by atoms with E-state index in [0.717, 1.165) is 12.5 Å². The maximum atomic E-state index is 13.6. The number of hydrogen-bond acceptors (Lipinski definition) is 3. The van der Waals surface area contributed by atoms with Crippen molar-refractivity contribution >= 4 is 5.97 Å². The largest absolute Gasteiger partial charge is 0.459 e. The van der Waals surface area contributed by atoms with Gasteiger partial charge in [-0.15, -0.1) is 0 Å². The van der Waals surface area contributed by atoms with Crippen molar-refractivity contribution in [2.45, 2.75) is 39.0 Å². The standard InChI is InChI=1S/C13H17F2NO2/c1-9(17)18-8-13(14,15)11-6-5-10(7-16-11)12(2,3)4/h5-7H,8H2,1-4H3. The second kappa shape index (κ2) is 5.00. The van der Waals surface area contributed by atoms with E-state index in [0.29, 0.717) is 0 Å². The summed E-state index contributed by atoms with van der Waals surface area (Å²) in [5, 5.41) is 0. The van der Waals surface area contributed by atoms with Gasteiger partial charge in [-0.3, -0.25) is 9.78 Å². The lowest BCUT2D eigenvalue weighted by Gasteiger charge is -2.20. The van der Waals surface area contributed by atoms with E-state index in [1.54, 1.807) is 6.07 Å². The molecule has 0 bridgehead atoms. The molecule has 1 rings (SSSR count). The minimum Gasteiger partial charge on any atom is -0.459 e. The smallest absolute Gasteiger partial charge is 0.322 e. The normalized spacial score (nSPS) is 12.3. The first-order valence-electron chi connectivity index (χ1n) is 5.61. The zero-order valence-electron chi connectivity index (χ0n) is 11.0. The number of rotatable bonds is 3. The van der Waals surface area contributed by atoms with Crippen molar-refractivity contribution in [3.63, 3.8) is 0 Å². The molecule has 0 atom stereocenters. The summed E-state index contributed by atoms with van der Waals surface area (Å²) in [5.41, 5.74) is 0.336. The van der Waals surface area contributed by atoms with Gasteiger partial charge in [-0.1, -0.05) is 26.8 Å². The van der Waals surface area contributed by atoms with Crippen LogP contribution in [0.2, 0.25) is 0 Å². The van der Waals surface area contributed by atoms with E-state index in [2.05, 4.69) is 9.72 Å². The quantitative estimate of drug-likeness (QED) is 0.781. The van der Waals surface area contributed by atoms with Gasteiger partial charge in [0.05, 0.1) is 0 Å². The Morgan fingerprint density at radius 3 is 2.33 bits per heavy atom. The molecule has 0 aliphatic carbocycles. The van der Waals surface area contributed by atoms with Crippen LogP contribution in [0, 0.1) is 0 Å². The molecular weight excluding hydrogens is 240 g/mol. The maximum Gasteiger partial charge on any atom is 0.322 e. The van der Waals surface area contributed by atoms with Crippen LogP contribution >= 0.6 is 0 Å². The lowest BCUT2D eigenvalue weighted by molar-refractivity contribution is -0.154. The number of esters is 1. The van der Waals surface area contributed by atoms with Crippen LogP contribution in [0.25, 0.3) is 0 Å². The molecule has 0 amide bonds. The third-order valence-electron chi connectivity index (χ3n) is 2.46. The summed E-state index contributed by atoms with van der Waals surface area (Å²) in [6.45, 7) is 6.03. The summed E-state index contributed by atoms with van der Waals surface area (Å²) in [6, 6.07) is 2.88. The van der Waals surface area contributed by atoms with Crippen LogP contribution < -0.4 is 0 Å². The average Bonchev–Trinajstić information content (AvgIpc) is 2.26. The highest BCUT2D eigenvalue weighted by Gasteiger charge is 2.35. The topological polar surface area (TPSA) is 39.2 Å². The van der Waals surface area contributed by atoms with Gasteiger partial charge < -0.3 is 4.74 Å². The summed E-state index contributed by atoms with van der Waals surface area (Å²) in [7, 11) is 0. The molecule has 0 fully saturated rings. The van der Waals surface area contributed by atoms with Crippen LogP contribution in [0.4, 0.5) is 8.78 Å². The Morgan fingerprint density at radius 2 is 1.94 bits per heavy atom. The predicted molar refractivity (Wildman–Crippen MR) is 63.5 cm³/mol. The highest BCUT2D eigenvalue weighted by Crippen LogP contribution is 2.28. The van der Waals surface area contributed by atoms with E-state index in [1.807, 2.05) is 20.8 Å². The number of alkyl halides is 2. The van der Waals surface area contributed by atoms with Crippen molar-refractivity contribution in [3.05, 3.63) is 29.6 Å². The number of pyridine rings is 1. The number of nitrogens with zero attached hydrogens (tertiary/aromatic N) is 1. The fraction of sp³-hybridized carbons (Fsp3) is 0.538. The van der Waals surface area contributed by atoms with Gasteiger partial charge in [-0.2, -0.15) is 8.78 Å². The van der Waals surface area contributed by atoms with Crippen LogP contribution in [0.1, 0.15) is 39.0 Å². The molecule has 18 heavy (non-hydrogen) atoms. The van der Waals surface area contributed by atoms with E-state index >= 15 is 0 Å². The molecule has 5 heteroatoms. The Labute approximate surface area is 105 Å². The van der Waals surface area contributed by atoms with Crippen LogP contribution in [0.3, 0.4) is 0 Å². The van der Waals surface area contributed by atoms with Crippen molar-refractivity contribution in [2.24, 2.45) is 0 Å². The summed E-state index contributed by atoms with van der Waals surface area (Å²) < 4.78 is 31.5. The molecule has 0 aromatic carbocycles. The molecule has 0 radical (unpaired) electrons. The third-order valence-corrected chi connectivity index (χ3v) is 2.46. The van der Waals surface area contributed by atoms with Gasteiger partial charge in [0.2, 0.25) is 0 Å². The minimum absolute atomic E-state index is 0.142. The van der Waals surface area contributed by atoms with Gasteiger partial charge in [-0.05, 0) is 17.0 Å². The highest BCUT2D eigenvalue weighted by atomic mass is 19.3. The van der Waals surface area contributed by atoms with Gasteiger partial charge in [-0.25, -0.2) is 0 Å². The van der Waals surface area contributed by atoms with Crippen molar-refractivity contribution in [2.75, 3.05) is 6.61 Å². The Kier molecular flexibility index (Phi) is 4.04. The van der Waals surface area contributed by atoms with E-state index in [4.69, 9.17) is 0 Å². The maximum absolute atomic E-state index is 13.6. The van der Waals surface area contributed by atoms with Crippen LogP contribution in [0.15, 0.2) is 18.3 Å². The van der Waals surface area contributed by atoms with Gasteiger partial charge in [0.1, 0.15) is 5.69 Å². The monoisotopic (exact) mass is 257 g/mol. The Morgan fingerprint density at radius 1 is 1.33 bits per heavy atom. The Balaban J connectivity index is 2.87. The van der Waals surface area contributed by atoms with Crippen LogP contribution in [0.5, 0.6) is 0 Å². The first-order chi connectivity index (χ1) is 8.13. The first kappa shape index (κ1) is 14.5. The first-order valence-corrected chi connectivity index (χ1v) is 5.61. The minimum atomic E-state index is -3.26. The number of hydrogen-bond donors (Lipinski definition) is 0. The van der Waals surface area contributed by atoms with Crippen LogP contribution in [-0.4, -0.2) is 17.6 Å². The molecule has 3 nitrogen and oxygen atoms in total. The molecule has 0 N–H and O–H groups in total. The number of halogens is 2. The molecule has 0 aliphatic rings. The van der Waals surface area contributed by atoms with E-state index < -0.39 is 24.2 Å². The Bertz CT molecular complexity index is 422. The van der Waals surface area contributed by atoms with Gasteiger partial charge in [0, 0.05) is 13.1 Å². The fourth-order valence-corrected chi connectivity index (χ4v) is 1.32. The number of carbonyl (C=O) groups excluding carboxylic acids is 1. The molecule has 0 saturated carbocycles. The van der Waals surface area contributed by atoms with Gasteiger partial charge in [0.25, 0.3) is 0 Å². The van der Waals surface area contributed by atoms with E-state index in [1.165, 1.54) is 12.3 Å². The summed E-state index contributed by atoms with van der Waals surface area (Å²) in [5.74, 6) is -4.00. The van der Waals surface area contributed by atoms with Gasteiger partial charge >= 0.3 is 11.9 Å². The highest BCUT2D eigenvalue weighted by molar-refractivity contribution is 5.65. The van der Waals surface area contributed by atoms with Gasteiger partial charge in [0.15, 0.2) is 6.61 Å². The van der Waals surface area contributed by atoms with Crippen LogP contribution in [-0.2, 0) is 20.9 Å². The second-order valence-corrected chi connectivity index (χ2v) is 5.17. The molecule has 0 aliphatic heterocycles. The summed E-state index contributed by atoms with van der Waals surface area (Å²) >= 11 is 0. The Hall–Kier alpha value is -1.52. The molecule has 0 saturated heterocycles. The predicted octanol–water partition coefficient (Wildman–Crippen LogP) is 3.03. The molecule has 1 aromatic rings. The zero-order chi connectivity index (χ0) is 14.0. The fourth-order valence-electron chi connectivity index (χ4n) is 1.32. The lowest BCUT2D eigenvalue weighted by atomic mass is 9.88. The molecular formula is C13H17F2NO2. The molecule has 1 heterocycles. The number of aromatic nitrogens is 1. The SMILES string of the molecule is CC(=O)OCC(F)(F)c1ccc(C(C)(C)C)cn1. The number of ether oxygens (including phenoxy) is 1. The molecule has 1 aromatic heterocycles. The molecule has 0 spiro atoms. The van der Waals surface area contributed by atoms with Crippen molar-refractivity contribution < 1.29 is 18.3 Å². The lowest BCUT2D eigenvalue weighted by Crippen LogP contribution is -2.24. The average molecular weight is 257 g/mol. The third kappa shape index (κ3) is 3.75. The van der Waals surface area contributed by atoms with Crippen molar-refractivity contribution in [1.29, 1.82) is 0 Å². The van der Waals surface area contributed by atoms with E-state index in [-0.39, 0.29) is 5.41 Å². The summed E-state index contributed by atoms with van der Waals surface area (Å²) in [6.07, 6.45) is 1.43. The number of carbonyl (C=O) groups is 1.